The van der Waals surface area contributed by atoms with Crippen LogP contribution in [-0.4, -0.2) is 17.8 Å². The lowest BCUT2D eigenvalue weighted by Crippen LogP contribution is -2.11. The summed E-state index contributed by atoms with van der Waals surface area (Å²) in [6.07, 6.45) is 0.402. The van der Waals surface area contributed by atoms with E-state index in [1.54, 1.807) is 0 Å². The van der Waals surface area contributed by atoms with Gasteiger partial charge in [-0.3, -0.25) is 4.79 Å². The monoisotopic (exact) mass is 148 g/mol. The van der Waals surface area contributed by atoms with Crippen LogP contribution in [0.4, 0.5) is 0 Å². The summed E-state index contributed by atoms with van der Waals surface area (Å²) >= 11 is 3.88. The molecule has 0 unspecified atom stereocenters. The summed E-state index contributed by atoms with van der Waals surface area (Å²) < 4.78 is 4.80. The summed E-state index contributed by atoms with van der Waals surface area (Å²) in [7, 11) is 0. The maximum Gasteiger partial charge on any atom is 0.306 e. The van der Waals surface area contributed by atoms with E-state index in [2.05, 4.69) is 12.6 Å². The van der Waals surface area contributed by atoms with E-state index >= 15 is 0 Å². The van der Waals surface area contributed by atoms with E-state index in [9.17, 15) is 4.79 Å². The molecule has 54 valence electrons. The van der Waals surface area contributed by atoms with Crippen molar-refractivity contribution in [2.75, 3.05) is 5.75 Å². The topological polar surface area (TPSA) is 26.3 Å². The Labute approximate surface area is 61.0 Å². The number of thiol groups is 1. The molecule has 3 heteroatoms. The van der Waals surface area contributed by atoms with Gasteiger partial charge < -0.3 is 4.74 Å². The third kappa shape index (κ3) is 5.69. The molecule has 0 aromatic rings. The molecule has 0 N–H and O–H groups in total. The van der Waals surface area contributed by atoms with Gasteiger partial charge in [-0.15, -0.1) is 0 Å². The van der Waals surface area contributed by atoms with Crippen LogP contribution in [0.5, 0.6) is 0 Å². The summed E-state index contributed by atoms with van der Waals surface area (Å²) in [6.45, 7) is 3.66. The summed E-state index contributed by atoms with van der Waals surface area (Å²) in [5.74, 6) is 0.394. The minimum atomic E-state index is -0.167. The van der Waals surface area contributed by atoms with Crippen LogP contribution in [0.25, 0.3) is 0 Å². The van der Waals surface area contributed by atoms with E-state index in [0.717, 1.165) is 0 Å². The number of hydrogen-bond donors (Lipinski definition) is 1. The SMILES string of the molecule is CC(C)OC(=O)CCS. The summed E-state index contributed by atoms with van der Waals surface area (Å²) in [5, 5.41) is 0. The predicted octanol–water partition coefficient (Wildman–Crippen LogP) is 1.26. The van der Waals surface area contributed by atoms with Gasteiger partial charge in [0.1, 0.15) is 0 Å². The van der Waals surface area contributed by atoms with Gasteiger partial charge in [-0.05, 0) is 13.8 Å². The maximum absolute atomic E-state index is 10.6. The van der Waals surface area contributed by atoms with E-state index in [-0.39, 0.29) is 12.1 Å². The normalized spacial score (nSPS) is 9.78. The van der Waals surface area contributed by atoms with Crippen molar-refractivity contribution >= 4 is 18.6 Å². The number of carbonyl (C=O) groups excluding carboxylic acids is 1. The third-order valence-corrected chi connectivity index (χ3v) is 0.907. The number of carbonyl (C=O) groups is 1. The van der Waals surface area contributed by atoms with Gasteiger partial charge in [0.25, 0.3) is 0 Å². The average molecular weight is 148 g/mol. The Morgan fingerprint density at radius 2 is 2.22 bits per heavy atom. The lowest BCUT2D eigenvalue weighted by atomic mass is 10.4. The average Bonchev–Trinajstić information content (AvgIpc) is 1.63. The van der Waals surface area contributed by atoms with Crippen molar-refractivity contribution in [1.29, 1.82) is 0 Å². The van der Waals surface area contributed by atoms with Crippen LogP contribution in [0, 0.1) is 0 Å². The number of esters is 1. The zero-order valence-electron chi connectivity index (χ0n) is 5.76. The van der Waals surface area contributed by atoms with Gasteiger partial charge in [0.05, 0.1) is 12.5 Å². The zero-order chi connectivity index (χ0) is 7.28. The molecule has 0 radical (unpaired) electrons. The van der Waals surface area contributed by atoms with Crippen molar-refractivity contribution in [3.05, 3.63) is 0 Å². The zero-order valence-corrected chi connectivity index (χ0v) is 6.65. The van der Waals surface area contributed by atoms with Crippen molar-refractivity contribution < 1.29 is 9.53 Å². The second-order valence-electron chi connectivity index (χ2n) is 2.01. The first-order chi connectivity index (χ1) is 4.16. The Bertz CT molecular complexity index is 91.1. The minimum Gasteiger partial charge on any atom is -0.463 e. The Kier molecular flexibility index (Phi) is 4.58. The van der Waals surface area contributed by atoms with E-state index < -0.39 is 0 Å². The van der Waals surface area contributed by atoms with Crippen LogP contribution in [0.3, 0.4) is 0 Å². The van der Waals surface area contributed by atoms with Gasteiger partial charge in [0, 0.05) is 5.75 Å². The highest BCUT2D eigenvalue weighted by atomic mass is 32.1. The van der Waals surface area contributed by atoms with Crippen LogP contribution in [-0.2, 0) is 9.53 Å². The third-order valence-electron chi connectivity index (χ3n) is 0.683. The molecular weight excluding hydrogens is 136 g/mol. The molecule has 0 bridgehead atoms. The summed E-state index contributed by atoms with van der Waals surface area (Å²) in [5.41, 5.74) is 0. The highest BCUT2D eigenvalue weighted by Crippen LogP contribution is 1.93. The molecule has 0 aliphatic carbocycles. The smallest absolute Gasteiger partial charge is 0.306 e. The van der Waals surface area contributed by atoms with Crippen molar-refractivity contribution in [2.24, 2.45) is 0 Å². The second kappa shape index (κ2) is 4.68. The molecule has 0 atom stereocenters. The molecule has 0 aliphatic rings. The predicted molar refractivity (Wildman–Crippen MR) is 39.7 cm³/mol. The maximum atomic E-state index is 10.6. The molecule has 0 saturated heterocycles. The van der Waals surface area contributed by atoms with Crippen LogP contribution < -0.4 is 0 Å². The molecular formula is C6H12O2S. The lowest BCUT2D eigenvalue weighted by molar-refractivity contribution is -0.146. The molecule has 0 heterocycles. The standard InChI is InChI=1S/C6H12O2S/c1-5(2)8-6(7)3-4-9/h5,9H,3-4H2,1-2H3. The fourth-order valence-corrected chi connectivity index (χ4v) is 0.596. The van der Waals surface area contributed by atoms with Gasteiger partial charge in [0.2, 0.25) is 0 Å². The van der Waals surface area contributed by atoms with Gasteiger partial charge in [-0.25, -0.2) is 0 Å². The molecule has 0 aromatic heterocycles. The number of hydrogen-bond acceptors (Lipinski definition) is 3. The number of ether oxygens (including phenoxy) is 1. The van der Waals surface area contributed by atoms with Gasteiger partial charge in [0.15, 0.2) is 0 Å². The van der Waals surface area contributed by atoms with Crippen LogP contribution in [0.1, 0.15) is 20.3 Å². The van der Waals surface area contributed by atoms with Crippen molar-refractivity contribution in [2.45, 2.75) is 26.4 Å². The Morgan fingerprint density at radius 1 is 1.67 bits per heavy atom. The second-order valence-corrected chi connectivity index (χ2v) is 2.46. The molecule has 0 aliphatic heterocycles. The Morgan fingerprint density at radius 3 is 2.56 bits per heavy atom. The number of rotatable bonds is 3. The molecule has 0 rings (SSSR count). The van der Waals surface area contributed by atoms with Gasteiger partial charge >= 0.3 is 5.97 Å². The molecule has 0 spiro atoms. The largest absolute Gasteiger partial charge is 0.463 e. The Balaban J connectivity index is 3.27. The molecule has 2 nitrogen and oxygen atoms in total. The Hall–Kier alpha value is -0.180. The summed E-state index contributed by atoms with van der Waals surface area (Å²) in [6, 6.07) is 0. The molecule has 9 heavy (non-hydrogen) atoms. The molecule has 0 aromatic carbocycles. The first-order valence-electron chi connectivity index (χ1n) is 2.97. The van der Waals surface area contributed by atoms with E-state index in [1.807, 2.05) is 13.8 Å². The quantitative estimate of drug-likeness (QED) is 0.481. The first-order valence-corrected chi connectivity index (χ1v) is 3.60. The summed E-state index contributed by atoms with van der Waals surface area (Å²) in [4.78, 5) is 10.6. The lowest BCUT2D eigenvalue weighted by Gasteiger charge is -2.05. The highest BCUT2D eigenvalue weighted by molar-refractivity contribution is 7.80. The molecule has 0 amide bonds. The molecule has 0 saturated carbocycles. The minimum absolute atomic E-state index is 0.00242. The van der Waals surface area contributed by atoms with Crippen LogP contribution in [0.15, 0.2) is 0 Å². The van der Waals surface area contributed by atoms with E-state index in [4.69, 9.17) is 4.74 Å². The van der Waals surface area contributed by atoms with Crippen LogP contribution >= 0.6 is 12.6 Å². The van der Waals surface area contributed by atoms with E-state index in [1.165, 1.54) is 0 Å². The van der Waals surface area contributed by atoms with Crippen molar-refractivity contribution in [1.82, 2.24) is 0 Å². The van der Waals surface area contributed by atoms with Crippen LogP contribution in [0.2, 0.25) is 0 Å². The van der Waals surface area contributed by atoms with Gasteiger partial charge in [-0.2, -0.15) is 12.6 Å². The fraction of sp³-hybridized carbons (Fsp3) is 0.833. The van der Waals surface area contributed by atoms with E-state index in [0.29, 0.717) is 12.2 Å². The first kappa shape index (κ1) is 8.82. The highest BCUT2D eigenvalue weighted by Gasteiger charge is 2.01. The van der Waals surface area contributed by atoms with Crippen molar-refractivity contribution in [3.63, 3.8) is 0 Å². The molecule has 0 fully saturated rings. The fourth-order valence-electron chi connectivity index (χ4n) is 0.413. The van der Waals surface area contributed by atoms with Crippen molar-refractivity contribution in [3.8, 4) is 0 Å². The van der Waals surface area contributed by atoms with Gasteiger partial charge in [-0.1, -0.05) is 0 Å².